The van der Waals surface area contributed by atoms with Gasteiger partial charge in [-0.3, -0.25) is 0 Å². The molecule has 29 heavy (non-hydrogen) atoms. The van der Waals surface area contributed by atoms with Crippen LogP contribution in [0.25, 0.3) is 53.9 Å². The van der Waals surface area contributed by atoms with Crippen molar-refractivity contribution < 1.29 is 15.3 Å². The number of benzene rings is 6. The smallest absolute Gasteiger partial charge is 0.200 e. The predicted molar refractivity (Wildman–Crippen MR) is 119 cm³/mol. The molecule has 0 aliphatic rings. The van der Waals surface area contributed by atoms with Gasteiger partial charge in [0.1, 0.15) is 0 Å². The monoisotopic (exact) mass is 376 g/mol. The van der Waals surface area contributed by atoms with E-state index in [4.69, 9.17) is 0 Å². The molecule has 3 N–H and O–H groups in total. The quantitative estimate of drug-likeness (QED) is 0.208. The summed E-state index contributed by atoms with van der Waals surface area (Å²) in [5.41, 5.74) is 0. The molecule has 6 rings (SSSR count). The Morgan fingerprint density at radius 3 is 1.79 bits per heavy atom. The second-order valence-corrected chi connectivity index (χ2v) is 7.43. The first-order valence-electron chi connectivity index (χ1n) is 9.47. The molecular formula is C26H16O3. The molecule has 0 fully saturated rings. The number of hydrogen-bond donors (Lipinski definition) is 3. The molecule has 3 heteroatoms. The van der Waals surface area contributed by atoms with Gasteiger partial charge in [0.15, 0.2) is 11.5 Å². The molecule has 0 aliphatic carbocycles. The Morgan fingerprint density at radius 1 is 0.414 bits per heavy atom. The first-order valence-corrected chi connectivity index (χ1v) is 9.47. The highest BCUT2D eigenvalue weighted by Gasteiger charge is 2.19. The van der Waals surface area contributed by atoms with Crippen molar-refractivity contribution >= 4 is 53.9 Å². The second kappa shape index (κ2) is 5.52. The van der Waals surface area contributed by atoms with Gasteiger partial charge in [-0.1, -0.05) is 72.8 Å². The first kappa shape index (κ1) is 16.0. The van der Waals surface area contributed by atoms with Crippen molar-refractivity contribution in [3.8, 4) is 17.2 Å². The molecule has 0 saturated carbocycles. The lowest BCUT2D eigenvalue weighted by molar-refractivity contribution is 0.371. The van der Waals surface area contributed by atoms with E-state index in [1.807, 2.05) is 42.5 Å². The van der Waals surface area contributed by atoms with Gasteiger partial charge in [0, 0.05) is 5.39 Å². The van der Waals surface area contributed by atoms with Crippen molar-refractivity contribution in [1.82, 2.24) is 0 Å². The van der Waals surface area contributed by atoms with Crippen LogP contribution in [-0.4, -0.2) is 15.3 Å². The molecule has 3 nitrogen and oxygen atoms in total. The summed E-state index contributed by atoms with van der Waals surface area (Å²) < 4.78 is 0. The van der Waals surface area contributed by atoms with Crippen LogP contribution in [-0.2, 0) is 0 Å². The van der Waals surface area contributed by atoms with Gasteiger partial charge < -0.3 is 15.3 Å². The fraction of sp³-hybridized carbons (Fsp3) is 0. The molecule has 0 heterocycles. The van der Waals surface area contributed by atoms with E-state index in [0.717, 1.165) is 43.1 Å². The average Bonchev–Trinajstić information content (AvgIpc) is 2.76. The van der Waals surface area contributed by atoms with E-state index in [9.17, 15) is 15.3 Å². The van der Waals surface area contributed by atoms with E-state index in [1.54, 1.807) is 0 Å². The second-order valence-electron chi connectivity index (χ2n) is 7.43. The summed E-state index contributed by atoms with van der Waals surface area (Å²) >= 11 is 0. The maximum atomic E-state index is 10.7. The van der Waals surface area contributed by atoms with Crippen molar-refractivity contribution in [1.29, 1.82) is 0 Å². The Bertz CT molecular complexity index is 1630. The zero-order chi connectivity index (χ0) is 19.7. The summed E-state index contributed by atoms with van der Waals surface area (Å²) in [7, 11) is 0. The molecule has 6 aromatic carbocycles. The van der Waals surface area contributed by atoms with Gasteiger partial charge >= 0.3 is 0 Å². The van der Waals surface area contributed by atoms with Crippen LogP contribution < -0.4 is 0 Å². The molecule has 0 spiro atoms. The predicted octanol–water partition coefficient (Wildman–Crippen LogP) is 6.57. The fourth-order valence-electron chi connectivity index (χ4n) is 4.65. The molecule has 138 valence electrons. The van der Waals surface area contributed by atoms with Gasteiger partial charge in [0.2, 0.25) is 5.75 Å². The van der Waals surface area contributed by atoms with Gasteiger partial charge in [-0.2, -0.15) is 0 Å². The third-order valence-corrected chi connectivity index (χ3v) is 5.92. The lowest BCUT2D eigenvalue weighted by Gasteiger charge is -2.16. The Kier molecular flexibility index (Phi) is 3.05. The van der Waals surface area contributed by atoms with Crippen LogP contribution in [0.15, 0.2) is 78.9 Å². The maximum Gasteiger partial charge on any atom is 0.200 e. The SMILES string of the molecule is Oc1cc2c3ccc4ccc5ccccc5c4c3c3ccccc3c2c(O)c1O. The zero-order valence-electron chi connectivity index (χ0n) is 15.3. The van der Waals surface area contributed by atoms with E-state index in [0.29, 0.717) is 10.8 Å². The molecule has 0 radical (unpaired) electrons. The molecule has 6 aromatic rings. The van der Waals surface area contributed by atoms with Crippen LogP contribution >= 0.6 is 0 Å². The fourth-order valence-corrected chi connectivity index (χ4v) is 4.65. The minimum atomic E-state index is -0.492. The Labute approximate surface area is 165 Å². The highest BCUT2D eigenvalue weighted by atomic mass is 16.3. The molecule has 0 unspecified atom stereocenters. The van der Waals surface area contributed by atoms with E-state index in [2.05, 4.69) is 30.3 Å². The molecular weight excluding hydrogens is 360 g/mol. The van der Waals surface area contributed by atoms with Gasteiger partial charge in [0.05, 0.1) is 0 Å². The number of aromatic hydroxyl groups is 3. The number of phenolic OH excluding ortho intramolecular Hbond substituents is 3. The number of phenols is 3. The molecule has 0 saturated heterocycles. The molecule has 0 bridgehead atoms. The number of fused-ring (bicyclic) bond motifs is 10. The molecule has 0 atom stereocenters. The minimum Gasteiger partial charge on any atom is -0.504 e. The van der Waals surface area contributed by atoms with Crippen LogP contribution in [0.3, 0.4) is 0 Å². The van der Waals surface area contributed by atoms with Crippen LogP contribution in [0, 0.1) is 0 Å². The van der Waals surface area contributed by atoms with Crippen molar-refractivity contribution in [3.63, 3.8) is 0 Å². The van der Waals surface area contributed by atoms with Gasteiger partial charge in [-0.15, -0.1) is 0 Å². The van der Waals surface area contributed by atoms with Gasteiger partial charge in [-0.05, 0) is 54.5 Å². The van der Waals surface area contributed by atoms with Gasteiger partial charge in [-0.25, -0.2) is 0 Å². The van der Waals surface area contributed by atoms with E-state index >= 15 is 0 Å². The zero-order valence-corrected chi connectivity index (χ0v) is 15.3. The third-order valence-electron chi connectivity index (χ3n) is 5.92. The highest BCUT2D eigenvalue weighted by Crippen LogP contribution is 2.48. The van der Waals surface area contributed by atoms with Crippen molar-refractivity contribution in [2.24, 2.45) is 0 Å². The van der Waals surface area contributed by atoms with Crippen LogP contribution in [0.4, 0.5) is 0 Å². The summed E-state index contributed by atoms with van der Waals surface area (Å²) in [5.74, 6) is -1.12. The van der Waals surface area contributed by atoms with Crippen LogP contribution in [0.2, 0.25) is 0 Å². The standard InChI is InChI=1S/C26H16O3/c27-21-13-20-19-12-11-15-10-9-14-5-1-2-6-16(14)22(15)23(19)17-7-3-4-8-18(17)24(20)26(29)25(21)28/h1-13,27-29H. The summed E-state index contributed by atoms with van der Waals surface area (Å²) in [5, 5.41) is 40.7. The van der Waals surface area contributed by atoms with Crippen LogP contribution in [0.5, 0.6) is 17.2 Å². The van der Waals surface area contributed by atoms with Crippen molar-refractivity contribution in [3.05, 3.63) is 78.9 Å². The molecule has 0 aliphatic heterocycles. The molecule has 0 aromatic heterocycles. The van der Waals surface area contributed by atoms with Crippen molar-refractivity contribution in [2.75, 3.05) is 0 Å². The summed E-state index contributed by atoms with van der Waals surface area (Å²) in [6, 6.07) is 26.1. The van der Waals surface area contributed by atoms with Gasteiger partial charge in [0.25, 0.3) is 0 Å². The average molecular weight is 376 g/mol. The number of rotatable bonds is 0. The van der Waals surface area contributed by atoms with Crippen molar-refractivity contribution in [2.45, 2.75) is 0 Å². The lowest BCUT2D eigenvalue weighted by Crippen LogP contribution is -1.87. The highest BCUT2D eigenvalue weighted by molar-refractivity contribution is 6.35. The Balaban J connectivity index is 2.04. The Morgan fingerprint density at radius 2 is 1.00 bits per heavy atom. The Hall–Kier alpha value is -3.98. The maximum absolute atomic E-state index is 10.7. The summed E-state index contributed by atoms with van der Waals surface area (Å²) in [6.45, 7) is 0. The van der Waals surface area contributed by atoms with E-state index in [1.165, 1.54) is 6.07 Å². The molecule has 0 amide bonds. The lowest BCUT2D eigenvalue weighted by atomic mass is 9.88. The summed E-state index contributed by atoms with van der Waals surface area (Å²) in [4.78, 5) is 0. The van der Waals surface area contributed by atoms with Crippen LogP contribution in [0.1, 0.15) is 0 Å². The third kappa shape index (κ3) is 2.02. The number of hydrogen-bond acceptors (Lipinski definition) is 3. The van der Waals surface area contributed by atoms with E-state index < -0.39 is 5.75 Å². The first-order chi connectivity index (χ1) is 14.1. The topological polar surface area (TPSA) is 60.7 Å². The summed E-state index contributed by atoms with van der Waals surface area (Å²) in [6.07, 6.45) is 0. The normalized spacial score (nSPS) is 11.9. The largest absolute Gasteiger partial charge is 0.504 e. The van der Waals surface area contributed by atoms with E-state index in [-0.39, 0.29) is 11.5 Å². The minimum absolute atomic E-state index is 0.295.